The monoisotopic (exact) mass is 374 g/mol. The summed E-state index contributed by atoms with van der Waals surface area (Å²) in [4.78, 5) is 23.3. The molecule has 5 nitrogen and oxygen atoms in total. The Labute approximate surface area is 151 Å². The maximum absolute atomic E-state index is 13.1. The second-order valence-electron chi connectivity index (χ2n) is 5.85. The Morgan fingerprint density at radius 1 is 0.963 bits per heavy atom. The predicted molar refractivity (Wildman–Crippen MR) is 90.1 cm³/mol. The van der Waals surface area contributed by atoms with Crippen LogP contribution in [-0.4, -0.2) is 27.1 Å². The second kappa shape index (κ2) is 7.14. The molecule has 0 saturated heterocycles. The number of hydrogen-bond donors (Lipinski definition) is 1. The molecule has 0 unspecified atom stereocenters. The van der Waals surface area contributed by atoms with Crippen molar-refractivity contribution in [2.75, 3.05) is 0 Å². The number of ketones is 1. The fraction of sp³-hybridized carbons (Fsp3) is 0.158. The molecular weight excluding hydrogens is 361 g/mol. The van der Waals surface area contributed by atoms with E-state index in [-0.39, 0.29) is 29.7 Å². The Bertz CT molecular complexity index is 961. The smallest absolute Gasteiger partial charge is 0.417 e. The molecule has 3 rings (SSSR count). The van der Waals surface area contributed by atoms with Gasteiger partial charge in [0.25, 0.3) is 0 Å². The number of nitrogens with zero attached hydrogens (tertiary/aromatic N) is 2. The molecule has 27 heavy (non-hydrogen) atoms. The average Bonchev–Trinajstić information content (AvgIpc) is 2.67. The van der Waals surface area contributed by atoms with E-state index in [4.69, 9.17) is 5.11 Å². The van der Waals surface area contributed by atoms with Crippen molar-refractivity contribution in [1.29, 1.82) is 0 Å². The molecule has 0 amide bonds. The molecule has 138 valence electrons. The molecule has 0 atom stereocenters. The number of alkyl halides is 3. The van der Waals surface area contributed by atoms with Crippen LogP contribution in [0.4, 0.5) is 13.2 Å². The molecule has 1 aliphatic carbocycles. The van der Waals surface area contributed by atoms with E-state index in [0.717, 1.165) is 11.6 Å². The van der Waals surface area contributed by atoms with E-state index < -0.39 is 23.5 Å². The van der Waals surface area contributed by atoms with E-state index in [1.165, 1.54) is 30.3 Å². The summed E-state index contributed by atoms with van der Waals surface area (Å²) in [5.41, 5.74) is -0.0751. The van der Waals surface area contributed by atoms with Gasteiger partial charge >= 0.3 is 12.1 Å². The van der Waals surface area contributed by atoms with Crippen molar-refractivity contribution in [3.63, 3.8) is 0 Å². The number of allylic oxidation sites excluding steroid dienone is 4. The number of aromatic carboxylic acids is 1. The number of carboxylic acids is 1. The van der Waals surface area contributed by atoms with Gasteiger partial charge in [-0.2, -0.15) is 18.3 Å². The van der Waals surface area contributed by atoms with Crippen molar-refractivity contribution in [3.05, 3.63) is 76.6 Å². The maximum atomic E-state index is 13.1. The van der Waals surface area contributed by atoms with Crippen molar-refractivity contribution in [2.24, 2.45) is 0 Å². The molecule has 0 fully saturated rings. The zero-order valence-electron chi connectivity index (χ0n) is 13.8. The van der Waals surface area contributed by atoms with Crippen molar-refractivity contribution in [3.8, 4) is 0 Å². The van der Waals surface area contributed by atoms with E-state index in [0.29, 0.717) is 5.69 Å². The van der Waals surface area contributed by atoms with Crippen LogP contribution >= 0.6 is 0 Å². The Kier molecular flexibility index (Phi) is 4.89. The fourth-order valence-corrected chi connectivity index (χ4v) is 2.75. The molecule has 1 aromatic heterocycles. The van der Waals surface area contributed by atoms with Gasteiger partial charge in [-0.15, -0.1) is 5.10 Å². The third kappa shape index (κ3) is 3.94. The van der Waals surface area contributed by atoms with Crippen molar-refractivity contribution in [1.82, 2.24) is 10.2 Å². The molecule has 1 N–H and O–H groups in total. The van der Waals surface area contributed by atoms with E-state index in [2.05, 4.69) is 10.2 Å². The van der Waals surface area contributed by atoms with Gasteiger partial charge in [0.2, 0.25) is 0 Å². The number of hydrogen-bond acceptors (Lipinski definition) is 4. The number of benzene rings is 1. The lowest BCUT2D eigenvalue weighted by molar-refractivity contribution is -0.137. The van der Waals surface area contributed by atoms with Crippen LogP contribution in [0.1, 0.15) is 44.9 Å². The third-order valence-electron chi connectivity index (χ3n) is 4.12. The highest BCUT2D eigenvalue weighted by Gasteiger charge is 2.35. The number of carboxylic acid groups (broad SMARTS) is 1. The minimum atomic E-state index is -4.61. The molecule has 2 aromatic rings. The number of halogens is 3. The highest BCUT2D eigenvalue weighted by atomic mass is 19.4. The van der Waals surface area contributed by atoms with E-state index in [1.54, 1.807) is 12.2 Å². The lowest BCUT2D eigenvalue weighted by atomic mass is 9.90. The highest BCUT2D eigenvalue weighted by Crippen LogP contribution is 2.34. The third-order valence-corrected chi connectivity index (χ3v) is 4.12. The molecule has 0 aliphatic heterocycles. The van der Waals surface area contributed by atoms with Crippen LogP contribution in [0.2, 0.25) is 0 Å². The lowest BCUT2D eigenvalue weighted by Crippen LogP contribution is -2.15. The molecule has 0 radical (unpaired) electrons. The molecule has 0 saturated carbocycles. The topological polar surface area (TPSA) is 80.1 Å². The summed E-state index contributed by atoms with van der Waals surface area (Å²) in [7, 11) is 0. The highest BCUT2D eigenvalue weighted by molar-refractivity contribution is 6.10. The SMILES string of the molecule is O=C(O)c1ccc(C2=CCC(C(=O)c3ccccc3C(F)(F)F)=CC2)nn1. The molecule has 1 aromatic carbocycles. The molecule has 1 aliphatic rings. The number of carbonyl (C=O) groups excluding carboxylic acids is 1. The van der Waals surface area contributed by atoms with Gasteiger partial charge in [-0.25, -0.2) is 4.79 Å². The van der Waals surface area contributed by atoms with Gasteiger partial charge in [-0.3, -0.25) is 4.79 Å². The van der Waals surface area contributed by atoms with Gasteiger partial charge in [0.1, 0.15) is 0 Å². The molecule has 0 bridgehead atoms. The standard InChI is InChI=1S/C19H13F3N2O3/c20-19(21,22)14-4-2-1-3-13(14)17(25)12-7-5-11(6-8-12)15-9-10-16(18(26)27)24-23-15/h1-5,8-10H,6-7H2,(H,26,27). The van der Waals surface area contributed by atoms with Crippen molar-refractivity contribution in [2.45, 2.75) is 19.0 Å². The quantitative estimate of drug-likeness (QED) is 0.812. The molecule has 0 spiro atoms. The summed E-state index contributed by atoms with van der Waals surface area (Å²) < 4.78 is 39.3. The maximum Gasteiger partial charge on any atom is 0.417 e. The van der Waals surface area contributed by atoms with E-state index in [1.807, 2.05) is 0 Å². The van der Waals surface area contributed by atoms with E-state index in [9.17, 15) is 22.8 Å². The van der Waals surface area contributed by atoms with E-state index >= 15 is 0 Å². The first-order valence-corrected chi connectivity index (χ1v) is 7.94. The van der Waals surface area contributed by atoms with Gasteiger partial charge in [0.15, 0.2) is 11.5 Å². The fourth-order valence-electron chi connectivity index (χ4n) is 2.75. The normalized spacial score (nSPS) is 14.3. The Morgan fingerprint density at radius 2 is 1.70 bits per heavy atom. The lowest BCUT2D eigenvalue weighted by Gasteiger charge is -2.16. The van der Waals surface area contributed by atoms with Gasteiger partial charge in [-0.1, -0.05) is 30.4 Å². The zero-order valence-corrected chi connectivity index (χ0v) is 13.8. The van der Waals surface area contributed by atoms with Crippen LogP contribution in [0, 0.1) is 0 Å². The van der Waals surface area contributed by atoms with Crippen LogP contribution < -0.4 is 0 Å². The minimum absolute atomic E-state index is 0.155. The Hall–Kier alpha value is -3.29. The number of aromatic nitrogens is 2. The minimum Gasteiger partial charge on any atom is -0.476 e. The van der Waals surface area contributed by atoms with Crippen LogP contribution in [0.15, 0.2) is 54.1 Å². The van der Waals surface area contributed by atoms with Gasteiger partial charge < -0.3 is 5.11 Å². The van der Waals surface area contributed by atoms with Crippen molar-refractivity contribution < 1.29 is 27.9 Å². The number of carbonyl (C=O) groups is 2. The largest absolute Gasteiger partial charge is 0.476 e. The van der Waals surface area contributed by atoms with Gasteiger partial charge in [0, 0.05) is 11.1 Å². The number of rotatable bonds is 4. The Morgan fingerprint density at radius 3 is 2.26 bits per heavy atom. The first kappa shape index (κ1) is 18.5. The Balaban J connectivity index is 1.79. The summed E-state index contributed by atoms with van der Waals surface area (Å²) in [5, 5.41) is 16.3. The van der Waals surface area contributed by atoms with Crippen LogP contribution in [0.5, 0.6) is 0 Å². The summed E-state index contributed by atoms with van der Waals surface area (Å²) in [6.45, 7) is 0. The predicted octanol–water partition coefficient (Wildman–Crippen LogP) is 4.18. The van der Waals surface area contributed by atoms with Crippen LogP contribution in [0.25, 0.3) is 5.57 Å². The number of Topliss-reactive ketones (excluding diaryl/α,β-unsaturated/α-hetero) is 1. The second-order valence-corrected chi connectivity index (χ2v) is 5.85. The summed E-state index contributed by atoms with van der Waals surface area (Å²) in [6.07, 6.45) is -0.908. The first-order valence-electron chi connectivity index (χ1n) is 7.94. The summed E-state index contributed by atoms with van der Waals surface area (Å²) >= 11 is 0. The van der Waals surface area contributed by atoms with Crippen molar-refractivity contribution >= 4 is 17.3 Å². The molecule has 1 heterocycles. The molecular formula is C19H13F3N2O3. The average molecular weight is 374 g/mol. The molecule has 8 heteroatoms. The van der Waals surface area contributed by atoms with Gasteiger partial charge in [0.05, 0.1) is 11.3 Å². The van der Waals surface area contributed by atoms with Gasteiger partial charge in [-0.05, 0) is 36.6 Å². The zero-order chi connectivity index (χ0) is 19.6. The summed E-state index contributed by atoms with van der Waals surface area (Å²) in [6, 6.07) is 7.51. The summed E-state index contributed by atoms with van der Waals surface area (Å²) in [5.74, 6) is -1.85. The first-order chi connectivity index (χ1) is 12.8. The van der Waals surface area contributed by atoms with Crippen LogP contribution in [-0.2, 0) is 6.18 Å². The van der Waals surface area contributed by atoms with Crippen LogP contribution in [0.3, 0.4) is 0 Å².